The maximum atomic E-state index is 11.0. The van der Waals surface area contributed by atoms with Crippen LogP contribution in [-0.4, -0.2) is 53.7 Å². The van der Waals surface area contributed by atoms with Crippen molar-refractivity contribution in [1.82, 2.24) is 4.98 Å². The summed E-state index contributed by atoms with van der Waals surface area (Å²) in [4.78, 5) is 36.1. The zero-order chi connectivity index (χ0) is 21.4. The normalized spacial score (nSPS) is 10.4. The highest BCUT2D eigenvalue weighted by molar-refractivity contribution is 9.10. The summed E-state index contributed by atoms with van der Waals surface area (Å²) >= 11 is 3.20. The van der Waals surface area contributed by atoms with Crippen molar-refractivity contribution in [2.45, 2.75) is 6.92 Å². The van der Waals surface area contributed by atoms with E-state index in [0.717, 1.165) is 0 Å². The number of hydrogen-bond acceptors (Lipinski definition) is 8. The molecule has 0 spiro atoms. The molecule has 1 N–H and O–H groups in total. The summed E-state index contributed by atoms with van der Waals surface area (Å²) in [6, 6.07) is 5.53. The zero-order valence-electron chi connectivity index (χ0n) is 15.3. The quantitative estimate of drug-likeness (QED) is 0.228. The average Bonchev–Trinajstić information content (AvgIpc) is 2.67. The number of carboxylic acid groups (broad SMARTS) is 1. The number of aldehydes is 1. The lowest BCUT2D eigenvalue weighted by Crippen LogP contribution is -2.13. The maximum Gasteiger partial charge on any atom is 0.354 e. The van der Waals surface area contributed by atoms with Gasteiger partial charge in [0.15, 0.2) is 12.0 Å². The van der Waals surface area contributed by atoms with Crippen LogP contribution >= 0.6 is 15.9 Å². The second-order valence-electron chi connectivity index (χ2n) is 5.70. The number of rotatable bonds is 11. The molecule has 0 bridgehead atoms. The number of benzene rings is 1. The number of hydrogen-bond donors (Lipinski definition) is 1. The Hall–Kier alpha value is -3.05. The molecular formula is C18H17BrN2O8. The summed E-state index contributed by atoms with van der Waals surface area (Å²) in [6.45, 7) is 2.38. The first-order chi connectivity index (χ1) is 13.8. The van der Waals surface area contributed by atoms with Crippen LogP contribution in [0.4, 0.5) is 5.69 Å². The third-order valence-electron chi connectivity index (χ3n) is 3.53. The van der Waals surface area contributed by atoms with Gasteiger partial charge in [-0.05, 0) is 40.5 Å². The predicted molar refractivity (Wildman–Crippen MR) is 104 cm³/mol. The van der Waals surface area contributed by atoms with Crippen LogP contribution in [0.1, 0.15) is 26.4 Å². The van der Waals surface area contributed by atoms with Crippen LogP contribution in [0.25, 0.3) is 0 Å². The SMILES string of the molecule is Cc1cc(OCCOCCOc2cc([N+](=O)[O-])c(C=O)cc2Br)nc(C(=O)O)c1. The van der Waals surface area contributed by atoms with Gasteiger partial charge in [-0.3, -0.25) is 14.9 Å². The number of aryl methyl sites for hydroxylation is 1. The van der Waals surface area contributed by atoms with E-state index < -0.39 is 10.9 Å². The molecule has 154 valence electrons. The second kappa shape index (κ2) is 10.5. The molecule has 0 atom stereocenters. The van der Waals surface area contributed by atoms with Gasteiger partial charge >= 0.3 is 5.97 Å². The summed E-state index contributed by atoms with van der Waals surface area (Å²) < 4.78 is 16.6. The Morgan fingerprint density at radius 2 is 1.90 bits per heavy atom. The highest BCUT2D eigenvalue weighted by Crippen LogP contribution is 2.32. The number of nitro benzene ring substituents is 1. The molecule has 2 rings (SSSR count). The average molecular weight is 469 g/mol. The molecular weight excluding hydrogens is 452 g/mol. The largest absolute Gasteiger partial charge is 0.490 e. The van der Waals surface area contributed by atoms with Gasteiger partial charge < -0.3 is 19.3 Å². The summed E-state index contributed by atoms with van der Waals surface area (Å²) in [5.41, 5.74) is 0.203. The lowest BCUT2D eigenvalue weighted by molar-refractivity contribution is -0.385. The van der Waals surface area contributed by atoms with E-state index in [1.165, 1.54) is 18.2 Å². The van der Waals surface area contributed by atoms with E-state index in [1.807, 2.05) is 0 Å². The Bertz CT molecular complexity index is 919. The Kier molecular flexibility index (Phi) is 8.04. The molecule has 1 aromatic heterocycles. The molecule has 1 heterocycles. The Morgan fingerprint density at radius 3 is 2.52 bits per heavy atom. The highest BCUT2D eigenvalue weighted by Gasteiger charge is 2.17. The molecule has 0 saturated carbocycles. The molecule has 29 heavy (non-hydrogen) atoms. The van der Waals surface area contributed by atoms with Gasteiger partial charge in [0.2, 0.25) is 5.88 Å². The maximum absolute atomic E-state index is 11.0. The van der Waals surface area contributed by atoms with Crippen molar-refractivity contribution in [2.75, 3.05) is 26.4 Å². The van der Waals surface area contributed by atoms with Crippen LogP contribution in [-0.2, 0) is 4.74 Å². The number of aromatic nitrogens is 1. The summed E-state index contributed by atoms with van der Waals surface area (Å²) in [5.74, 6) is -0.736. The monoisotopic (exact) mass is 468 g/mol. The Morgan fingerprint density at radius 1 is 1.21 bits per heavy atom. The molecule has 0 radical (unpaired) electrons. The van der Waals surface area contributed by atoms with Gasteiger partial charge in [0, 0.05) is 6.07 Å². The molecule has 1 aromatic carbocycles. The van der Waals surface area contributed by atoms with Crippen molar-refractivity contribution in [3.8, 4) is 11.6 Å². The fourth-order valence-electron chi connectivity index (χ4n) is 2.26. The van der Waals surface area contributed by atoms with Gasteiger partial charge in [0.25, 0.3) is 5.69 Å². The molecule has 0 aliphatic heterocycles. The zero-order valence-corrected chi connectivity index (χ0v) is 16.9. The van der Waals surface area contributed by atoms with Crippen LogP contribution in [0.2, 0.25) is 0 Å². The second-order valence-corrected chi connectivity index (χ2v) is 6.55. The lowest BCUT2D eigenvalue weighted by atomic mass is 10.2. The number of nitrogens with zero attached hydrogens (tertiary/aromatic N) is 2. The minimum absolute atomic E-state index is 0.0570. The number of ether oxygens (including phenoxy) is 3. The first-order valence-corrected chi connectivity index (χ1v) is 9.09. The first-order valence-electron chi connectivity index (χ1n) is 8.30. The van der Waals surface area contributed by atoms with Gasteiger partial charge in [-0.15, -0.1) is 0 Å². The van der Waals surface area contributed by atoms with Crippen LogP contribution in [0.15, 0.2) is 28.7 Å². The fourth-order valence-corrected chi connectivity index (χ4v) is 2.73. The summed E-state index contributed by atoms with van der Waals surface area (Å²) in [5, 5.41) is 20.0. The smallest absolute Gasteiger partial charge is 0.354 e. The summed E-state index contributed by atoms with van der Waals surface area (Å²) in [6.07, 6.45) is 0.401. The van der Waals surface area contributed by atoms with Crippen molar-refractivity contribution >= 4 is 33.9 Å². The van der Waals surface area contributed by atoms with Crippen molar-refractivity contribution in [3.05, 3.63) is 55.7 Å². The number of carbonyl (C=O) groups is 2. The highest BCUT2D eigenvalue weighted by atomic mass is 79.9. The van der Waals surface area contributed by atoms with E-state index in [2.05, 4.69) is 20.9 Å². The fraction of sp³-hybridized carbons (Fsp3) is 0.278. The molecule has 2 aromatic rings. The van der Waals surface area contributed by atoms with E-state index >= 15 is 0 Å². The van der Waals surface area contributed by atoms with Crippen LogP contribution in [0.3, 0.4) is 0 Å². The minimum atomic E-state index is -1.14. The molecule has 0 amide bonds. The van der Waals surface area contributed by atoms with E-state index in [4.69, 9.17) is 19.3 Å². The van der Waals surface area contributed by atoms with E-state index in [1.54, 1.807) is 13.0 Å². The number of pyridine rings is 1. The molecule has 0 unspecified atom stereocenters. The van der Waals surface area contributed by atoms with Crippen LogP contribution in [0, 0.1) is 17.0 Å². The van der Waals surface area contributed by atoms with Gasteiger partial charge in [-0.25, -0.2) is 9.78 Å². The van der Waals surface area contributed by atoms with Crippen molar-refractivity contribution in [2.24, 2.45) is 0 Å². The summed E-state index contributed by atoms with van der Waals surface area (Å²) in [7, 11) is 0. The van der Waals surface area contributed by atoms with Gasteiger partial charge in [-0.2, -0.15) is 0 Å². The third kappa shape index (κ3) is 6.50. The van der Waals surface area contributed by atoms with E-state index in [9.17, 15) is 19.7 Å². The molecule has 0 fully saturated rings. The van der Waals surface area contributed by atoms with Gasteiger partial charge in [0.05, 0.1) is 34.2 Å². The number of nitro groups is 1. The first kappa shape index (κ1) is 22.2. The van der Waals surface area contributed by atoms with Crippen molar-refractivity contribution in [3.63, 3.8) is 0 Å². The number of carboxylic acids is 1. The van der Waals surface area contributed by atoms with Crippen molar-refractivity contribution in [1.29, 1.82) is 0 Å². The van der Waals surface area contributed by atoms with Gasteiger partial charge in [-0.1, -0.05) is 0 Å². The minimum Gasteiger partial charge on any atom is -0.490 e. The predicted octanol–water partition coefficient (Wildman–Crippen LogP) is 3.05. The number of carbonyl (C=O) groups excluding carboxylic acids is 1. The molecule has 11 heteroatoms. The Balaban J connectivity index is 1.77. The number of halogens is 1. The van der Waals surface area contributed by atoms with Crippen LogP contribution in [0.5, 0.6) is 11.6 Å². The molecule has 0 aliphatic carbocycles. The topological polar surface area (TPSA) is 138 Å². The van der Waals surface area contributed by atoms with E-state index in [0.29, 0.717) is 16.3 Å². The molecule has 0 aliphatic rings. The van der Waals surface area contributed by atoms with Gasteiger partial charge in [0.1, 0.15) is 19.0 Å². The standard InChI is InChI=1S/C18H17BrN2O8/c1-11-6-14(18(23)24)20-17(7-11)29-5-3-27-2-4-28-16-9-15(21(25)26)12(10-22)8-13(16)19/h6-10H,2-5H2,1H3,(H,23,24). The molecule has 0 saturated heterocycles. The number of aromatic carboxylic acids is 1. The third-order valence-corrected chi connectivity index (χ3v) is 4.15. The molecule has 10 nitrogen and oxygen atoms in total. The lowest BCUT2D eigenvalue weighted by Gasteiger charge is -2.10. The Labute approximate surface area is 173 Å². The van der Waals surface area contributed by atoms with E-state index in [-0.39, 0.29) is 55.0 Å². The van der Waals surface area contributed by atoms with Crippen molar-refractivity contribution < 1.29 is 33.8 Å². The van der Waals surface area contributed by atoms with Crippen LogP contribution < -0.4 is 9.47 Å².